The zero-order valence-electron chi connectivity index (χ0n) is 9.27. The van der Waals surface area contributed by atoms with Crippen molar-refractivity contribution in [3.05, 3.63) is 11.6 Å². The van der Waals surface area contributed by atoms with Crippen molar-refractivity contribution in [3.63, 3.8) is 0 Å². The Morgan fingerprint density at radius 2 is 2.29 bits per heavy atom. The lowest BCUT2D eigenvalue weighted by molar-refractivity contribution is -0.144. The van der Waals surface area contributed by atoms with Gasteiger partial charge in [-0.05, 0) is 25.7 Å². The first kappa shape index (κ1) is 11.8. The van der Waals surface area contributed by atoms with E-state index >= 15 is 0 Å². The number of rotatable bonds is 4. The Hall–Kier alpha value is -1.63. The van der Waals surface area contributed by atoms with Crippen LogP contribution in [-0.2, 0) is 4.79 Å². The van der Waals surface area contributed by atoms with Crippen LogP contribution in [-0.4, -0.2) is 27.6 Å². The van der Waals surface area contributed by atoms with E-state index in [0.717, 1.165) is 12.8 Å². The summed E-state index contributed by atoms with van der Waals surface area (Å²) < 4.78 is 0. The third kappa shape index (κ3) is 2.55. The van der Waals surface area contributed by atoms with Crippen molar-refractivity contribution in [1.29, 1.82) is 0 Å². The minimum absolute atomic E-state index is 0.0158. The molecule has 7 heteroatoms. The third-order valence-electron chi connectivity index (χ3n) is 2.86. The number of carbonyl (C=O) groups excluding carboxylic acids is 1. The van der Waals surface area contributed by atoms with Crippen LogP contribution in [0.25, 0.3) is 0 Å². The molecule has 0 aromatic carbocycles. The molecule has 17 heavy (non-hydrogen) atoms. The summed E-state index contributed by atoms with van der Waals surface area (Å²) in [5, 5.41) is 16.4. The fraction of sp³-hybridized carbons (Fsp3) is 0.500. The van der Waals surface area contributed by atoms with Crippen molar-refractivity contribution in [2.45, 2.75) is 25.3 Å². The van der Waals surface area contributed by atoms with E-state index in [1.165, 1.54) is 18.3 Å². The summed E-state index contributed by atoms with van der Waals surface area (Å²) in [5.74, 6) is -0.990. The van der Waals surface area contributed by atoms with Crippen LogP contribution in [0.1, 0.15) is 19.8 Å². The van der Waals surface area contributed by atoms with Crippen LogP contribution >= 0.6 is 11.3 Å². The third-order valence-corrected chi connectivity index (χ3v) is 3.55. The molecule has 2 rings (SSSR count). The number of carboxylic acids is 1. The number of aromatic nitrogens is 1. The van der Waals surface area contributed by atoms with Crippen molar-refractivity contribution in [2.75, 3.05) is 5.32 Å². The number of hydrogen-bond donors (Lipinski definition) is 3. The van der Waals surface area contributed by atoms with Gasteiger partial charge in [0.15, 0.2) is 5.13 Å². The second-order valence-corrected chi connectivity index (χ2v) is 5.09. The van der Waals surface area contributed by atoms with Crippen LogP contribution in [0.2, 0.25) is 0 Å². The number of amides is 2. The van der Waals surface area contributed by atoms with Gasteiger partial charge in [-0.1, -0.05) is 0 Å². The zero-order valence-corrected chi connectivity index (χ0v) is 10.1. The van der Waals surface area contributed by atoms with Crippen LogP contribution in [0, 0.1) is 5.92 Å². The van der Waals surface area contributed by atoms with Crippen LogP contribution in [0.4, 0.5) is 9.93 Å². The summed E-state index contributed by atoms with van der Waals surface area (Å²) in [6, 6.07) is -0.531. The fourth-order valence-electron chi connectivity index (χ4n) is 1.64. The standard InChI is InChI=1S/C10H13N3O3S/c1-10(7(14)15,6-2-3-6)13-8(16)12-9-11-4-5-17-9/h4-6H,2-3H2,1H3,(H,14,15)(H2,11,12,13,16). The van der Waals surface area contributed by atoms with Gasteiger partial charge in [-0.15, -0.1) is 11.3 Å². The molecule has 0 saturated heterocycles. The second-order valence-electron chi connectivity index (χ2n) is 4.20. The van der Waals surface area contributed by atoms with Gasteiger partial charge in [0.1, 0.15) is 5.54 Å². The summed E-state index contributed by atoms with van der Waals surface area (Å²) >= 11 is 1.28. The molecule has 1 aliphatic carbocycles. The minimum atomic E-state index is -1.19. The van der Waals surface area contributed by atoms with Crippen molar-refractivity contribution >= 4 is 28.5 Å². The Labute approximate surface area is 102 Å². The second kappa shape index (κ2) is 4.33. The highest BCUT2D eigenvalue weighted by Gasteiger charge is 2.48. The van der Waals surface area contributed by atoms with Crippen molar-refractivity contribution < 1.29 is 14.7 Å². The average Bonchev–Trinajstić information content (AvgIpc) is 2.99. The first-order chi connectivity index (χ1) is 8.02. The lowest BCUT2D eigenvalue weighted by Crippen LogP contribution is -2.55. The van der Waals surface area contributed by atoms with Gasteiger partial charge in [0.2, 0.25) is 0 Å². The average molecular weight is 255 g/mol. The van der Waals surface area contributed by atoms with E-state index in [1.807, 2.05) is 0 Å². The normalized spacial score (nSPS) is 18.2. The maximum atomic E-state index is 11.6. The zero-order chi connectivity index (χ0) is 12.5. The van der Waals surface area contributed by atoms with Crippen LogP contribution in [0.3, 0.4) is 0 Å². The first-order valence-corrected chi connectivity index (χ1v) is 6.12. The first-order valence-electron chi connectivity index (χ1n) is 5.24. The van der Waals surface area contributed by atoms with Gasteiger partial charge in [-0.25, -0.2) is 14.6 Å². The van der Waals surface area contributed by atoms with Gasteiger partial charge < -0.3 is 10.4 Å². The molecular formula is C10H13N3O3S. The predicted octanol–water partition coefficient (Wildman–Crippen LogP) is 1.52. The van der Waals surface area contributed by atoms with Crippen molar-refractivity contribution in [2.24, 2.45) is 5.92 Å². The van der Waals surface area contributed by atoms with Gasteiger partial charge in [0, 0.05) is 11.6 Å². The molecule has 0 radical (unpaired) electrons. The molecule has 1 aromatic rings. The number of nitrogens with zero attached hydrogens (tertiary/aromatic N) is 1. The molecule has 2 amide bonds. The molecule has 0 spiro atoms. The van der Waals surface area contributed by atoms with Gasteiger partial charge in [0.05, 0.1) is 0 Å². The fourth-order valence-corrected chi connectivity index (χ4v) is 2.16. The van der Waals surface area contributed by atoms with E-state index in [0.29, 0.717) is 5.13 Å². The summed E-state index contributed by atoms with van der Waals surface area (Å²) in [4.78, 5) is 26.7. The molecule has 1 atom stereocenters. The maximum absolute atomic E-state index is 11.6. The highest BCUT2D eigenvalue weighted by atomic mass is 32.1. The number of aliphatic carboxylic acids is 1. The van der Waals surface area contributed by atoms with Crippen LogP contribution in [0.15, 0.2) is 11.6 Å². The van der Waals surface area contributed by atoms with E-state index in [4.69, 9.17) is 5.11 Å². The molecule has 0 aliphatic heterocycles. The quantitative estimate of drug-likeness (QED) is 0.760. The predicted molar refractivity (Wildman–Crippen MR) is 63.0 cm³/mol. The lowest BCUT2D eigenvalue weighted by Gasteiger charge is -2.25. The molecule has 1 aromatic heterocycles. The summed E-state index contributed by atoms with van der Waals surface area (Å²) in [6.07, 6.45) is 3.23. The Morgan fingerprint density at radius 1 is 1.59 bits per heavy atom. The van der Waals surface area contributed by atoms with Crippen LogP contribution < -0.4 is 10.6 Å². The van der Waals surface area contributed by atoms with Gasteiger partial charge >= 0.3 is 12.0 Å². The number of carboxylic acid groups (broad SMARTS) is 1. The summed E-state index contributed by atoms with van der Waals surface area (Å²) in [6.45, 7) is 1.54. The summed E-state index contributed by atoms with van der Waals surface area (Å²) in [7, 11) is 0. The van der Waals surface area contributed by atoms with E-state index in [-0.39, 0.29) is 5.92 Å². The highest BCUT2D eigenvalue weighted by molar-refractivity contribution is 7.13. The largest absolute Gasteiger partial charge is 0.480 e. The molecule has 3 N–H and O–H groups in total. The Balaban J connectivity index is 1.99. The number of anilines is 1. The summed E-state index contributed by atoms with van der Waals surface area (Å²) in [5.41, 5.74) is -1.19. The van der Waals surface area contributed by atoms with Gasteiger partial charge in [0.25, 0.3) is 0 Å². The Morgan fingerprint density at radius 3 is 2.76 bits per heavy atom. The molecule has 1 unspecified atom stereocenters. The molecule has 1 aliphatic rings. The van der Waals surface area contributed by atoms with E-state index in [1.54, 1.807) is 11.6 Å². The number of urea groups is 1. The molecule has 1 heterocycles. The molecule has 1 saturated carbocycles. The van der Waals surface area contributed by atoms with Gasteiger partial charge in [-0.3, -0.25) is 5.32 Å². The SMILES string of the molecule is CC(NC(=O)Nc1nccs1)(C(=O)O)C1CC1. The maximum Gasteiger partial charge on any atom is 0.329 e. The number of hydrogen-bond acceptors (Lipinski definition) is 4. The molecule has 6 nitrogen and oxygen atoms in total. The lowest BCUT2D eigenvalue weighted by atomic mass is 9.96. The van der Waals surface area contributed by atoms with E-state index < -0.39 is 17.5 Å². The number of thiazole rings is 1. The molecular weight excluding hydrogens is 242 g/mol. The number of carbonyl (C=O) groups is 2. The Kier molecular flexibility index (Phi) is 3.01. The molecule has 1 fully saturated rings. The monoisotopic (exact) mass is 255 g/mol. The van der Waals surface area contributed by atoms with E-state index in [2.05, 4.69) is 15.6 Å². The highest BCUT2D eigenvalue weighted by Crippen LogP contribution is 2.39. The van der Waals surface area contributed by atoms with Crippen molar-refractivity contribution in [1.82, 2.24) is 10.3 Å². The molecule has 92 valence electrons. The Bertz CT molecular complexity index is 430. The van der Waals surface area contributed by atoms with Crippen molar-refractivity contribution in [3.8, 4) is 0 Å². The van der Waals surface area contributed by atoms with Gasteiger partial charge in [-0.2, -0.15) is 0 Å². The van der Waals surface area contributed by atoms with E-state index in [9.17, 15) is 9.59 Å². The minimum Gasteiger partial charge on any atom is -0.480 e. The number of nitrogens with one attached hydrogen (secondary N) is 2. The topological polar surface area (TPSA) is 91.3 Å². The van der Waals surface area contributed by atoms with Crippen LogP contribution in [0.5, 0.6) is 0 Å². The smallest absolute Gasteiger partial charge is 0.329 e. The molecule has 0 bridgehead atoms.